The molecule has 0 saturated carbocycles. The quantitative estimate of drug-likeness (QED) is 0.568. The maximum absolute atomic E-state index is 12.6. The number of nitrogens with zero attached hydrogens (tertiary/aromatic N) is 3. The molecule has 1 N–H and O–H groups in total. The first-order chi connectivity index (χ1) is 14.2. The summed E-state index contributed by atoms with van der Waals surface area (Å²) in [6.45, 7) is 0.646. The van der Waals surface area contributed by atoms with Gasteiger partial charge in [-0.2, -0.15) is 0 Å². The van der Waals surface area contributed by atoms with E-state index in [2.05, 4.69) is 10.2 Å². The van der Waals surface area contributed by atoms with Gasteiger partial charge in [-0.1, -0.05) is 60.7 Å². The molecule has 0 aliphatic carbocycles. The predicted molar refractivity (Wildman–Crippen MR) is 107 cm³/mol. The van der Waals surface area contributed by atoms with E-state index in [1.54, 1.807) is 12.0 Å². The molecule has 0 aliphatic rings. The monoisotopic (exact) mass is 395 g/mol. The van der Waals surface area contributed by atoms with Crippen LogP contribution in [0.15, 0.2) is 65.1 Å². The molecule has 0 spiro atoms. The van der Waals surface area contributed by atoms with Crippen LogP contribution in [-0.2, 0) is 22.5 Å². The van der Waals surface area contributed by atoms with E-state index in [1.807, 2.05) is 60.7 Å². The van der Waals surface area contributed by atoms with Gasteiger partial charge in [-0.3, -0.25) is 4.79 Å². The lowest BCUT2D eigenvalue weighted by Crippen LogP contribution is -2.33. The molecule has 0 fully saturated rings. The number of methoxy groups -OCH3 is 1. The third-order valence-electron chi connectivity index (χ3n) is 4.54. The summed E-state index contributed by atoms with van der Waals surface area (Å²) in [5, 5.41) is 17.4. The largest absolute Gasteiger partial charge is 0.422 e. The lowest BCUT2D eigenvalue weighted by atomic mass is 10.1. The molecule has 7 heteroatoms. The van der Waals surface area contributed by atoms with E-state index >= 15 is 0 Å². The summed E-state index contributed by atoms with van der Waals surface area (Å²) in [4.78, 5) is 14.3. The van der Waals surface area contributed by atoms with Gasteiger partial charge in [-0.15, -0.1) is 10.2 Å². The van der Waals surface area contributed by atoms with Gasteiger partial charge in [-0.05, 0) is 11.1 Å². The van der Waals surface area contributed by atoms with Crippen LogP contribution < -0.4 is 0 Å². The fourth-order valence-electron chi connectivity index (χ4n) is 3.07. The first kappa shape index (κ1) is 20.7. The van der Waals surface area contributed by atoms with Gasteiger partial charge in [0.2, 0.25) is 17.7 Å². The van der Waals surface area contributed by atoms with Crippen LogP contribution >= 0.6 is 0 Å². The molecule has 0 bridgehead atoms. The van der Waals surface area contributed by atoms with E-state index in [4.69, 9.17) is 9.15 Å². The third kappa shape index (κ3) is 5.73. The van der Waals surface area contributed by atoms with Gasteiger partial charge in [0.1, 0.15) is 0 Å². The van der Waals surface area contributed by atoms with E-state index in [9.17, 15) is 9.90 Å². The van der Waals surface area contributed by atoms with Gasteiger partial charge in [0.25, 0.3) is 0 Å². The van der Waals surface area contributed by atoms with Crippen LogP contribution in [0.1, 0.15) is 35.4 Å². The number of benzene rings is 2. The number of carbonyl (C=O) groups excluding carboxylic acids is 1. The molecular weight excluding hydrogens is 370 g/mol. The zero-order valence-corrected chi connectivity index (χ0v) is 16.4. The Hall–Kier alpha value is -3.03. The standard InChI is InChI=1S/C22H25N3O4/c1-28-21(18-10-6-3-7-11-18)22-24-23-19(29-22)12-13-20(27)25(14-15-26)16-17-8-4-2-5-9-17/h2-11,21,26H,12-16H2,1H3/t21-/m1/s1. The van der Waals surface area contributed by atoms with E-state index < -0.39 is 6.10 Å². The van der Waals surface area contributed by atoms with Gasteiger partial charge in [0, 0.05) is 33.0 Å². The molecule has 1 amide bonds. The minimum Gasteiger partial charge on any atom is -0.422 e. The molecule has 1 atom stereocenters. The fourth-order valence-corrected chi connectivity index (χ4v) is 3.07. The summed E-state index contributed by atoms with van der Waals surface area (Å²) in [6, 6.07) is 19.3. The topological polar surface area (TPSA) is 88.7 Å². The number of aliphatic hydroxyl groups is 1. The Balaban J connectivity index is 1.61. The Morgan fingerprint density at radius 1 is 1.10 bits per heavy atom. The lowest BCUT2D eigenvalue weighted by molar-refractivity contribution is -0.132. The second kappa shape index (κ2) is 10.5. The van der Waals surface area contributed by atoms with Gasteiger partial charge in [-0.25, -0.2) is 0 Å². The van der Waals surface area contributed by atoms with E-state index in [0.29, 0.717) is 24.7 Å². The molecule has 3 rings (SSSR count). The van der Waals surface area contributed by atoms with Crippen molar-refractivity contribution in [2.75, 3.05) is 20.3 Å². The van der Waals surface area contributed by atoms with Crippen LogP contribution in [0.3, 0.4) is 0 Å². The second-order valence-corrected chi connectivity index (χ2v) is 6.58. The zero-order chi connectivity index (χ0) is 20.5. The summed E-state index contributed by atoms with van der Waals surface area (Å²) in [5.74, 6) is 0.668. The van der Waals surface area contributed by atoms with Crippen molar-refractivity contribution in [2.45, 2.75) is 25.5 Å². The van der Waals surface area contributed by atoms with Crippen molar-refractivity contribution in [3.63, 3.8) is 0 Å². The van der Waals surface area contributed by atoms with Crippen molar-refractivity contribution in [2.24, 2.45) is 0 Å². The Labute approximate surface area is 169 Å². The number of aliphatic hydroxyl groups excluding tert-OH is 1. The molecule has 3 aromatic rings. The molecule has 152 valence electrons. The summed E-state index contributed by atoms with van der Waals surface area (Å²) < 4.78 is 11.2. The maximum atomic E-state index is 12.6. The number of amides is 1. The predicted octanol–water partition coefficient (Wildman–Crippen LogP) is 2.76. The number of carbonyl (C=O) groups is 1. The van der Waals surface area contributed by atoms with Crippen molar-refractivity contribution in [1.29, 1.82) is 0 Å². The molecule has 0 radical (unpaired) electrons. The number of aromatic nitrogens is 2. The van der Waals surface area contributed by atoms with Crippen LogP contribution in [0.5, 0.6) is 0 Å². The van der Waals surface area contributed by atoms with Crippen molar-refractivity contribution in [1.82, 2.24) is 15.1 Å². The normalized spacial score (nSPS) is 11.9. The first-order valence-corrected chi connectivity index (χ1v) is 9.54. The molecular formula is C22H25N3O4. The van der Waals surface area contributed by atoms with E-state index in [0.717, 1.165) is 11.1 Å². The van der Waals surface area contributed by atoms with Gasteiger partial charge < -0.3 is 19.2 Å². The van der Waals surface area contributed by atoms with Crippen molar-refractivity contribution < 1.29 is 19.1 Å². The summed E-state index contributed by atoms with van der Waals surface area (Å²) in [5.41, 5.74) is 1.93. The summed E-state index contributed by atoms with van der Waals surface area (Å²) in [7, 11) is 1.58. The van der Waals surface area contributed by atoms with E-state index in [-0.39, 0.29) is 25.5 Å². The van der Waals surface area contributed by atoms with Crippen LogP contribution in [0.4, 0.5) is 0 Å². The highest BCUT2D eigenvalue weighted by Gasteiger charge is 2.21. The Morgan fingerprint density at radius 3 is 2.45 bits per heavy atom. The number of hydrogen-bond acceptors (Lipinski definition) is 6. The van der Waals surface area contributed by atoms with Gasteiger partial charge >= 0.3 is 0 Å². The molecule has 7 nitrogen and oxygen atoms in total. The zero-order valence-electron chi connectivity index (χ0n) is 16.4. The molecule has 1 aromatic heterocycles. The Bertz CT molecular complexity index is 883. The molecule has 0 saturated heterocycles. The number of aryl methyl sites for hydroxylation is 1. The molecule has 1 heterocycles. The summed E-state index contributed by atoms with van der Waals surface area (Å²) in [6.07, 6.45) is 0.0997. The van der Waals surface area contributed by atoms with Gasteiger partial charge in [0.05, 0.1) is 6.61 Å². The Morgan fingerprint density at radius 2 is 1.79 bits per heavy atom. The van der Waals surface area contributed by atoms with Crippen molar-refractivity contribution in [3.8, 4) is 0 Å². The maximum Gasteiger partial charge on any atom is 0.249 e. The van der Waals surface area contributed by atoms with Crippen LogP contribution in [0, 0.1) is 0 Å². The number of rotatable bonds is 10. The molecule has 0 unspecified atom stereocenters. The minimum absolute atomic E-state index is 0.0750. The van der Waals surface area contributed by atoms with E-state index in [1.165, 1.54) is 0 Å². The average Bonchev–Trinajstić information content (AvgIpc) is 3.22. The number of ether oxygens (including phenoxy) is 1. The SMILES string of the molecule is CO[C@H](c1ccccc1)c1nnc(CCC(=O)N(CCO)Cc2ccccc2)o1. The molecule has 2 aromatic carbocycles. The van der Waals surface area contributed by atoms with Crippen LogP contribution in [0.2, 0.25) is 0 Å². The first-order valence-electron chi connectivity index (χ1n) is 9.54. The molecule has 0 aliphatic heterocycles. The highest BCUT2D eigenvalue weighted by molar-refractivity contribution is 5.76. The highest BCUT2D eigenvalue weighted by atomic mass is 16.5. The van der Waals surface area contributed by atoms with Crippen molar-refractivity contribution in [3.05, 3.63) is 83.6 Å². The summed E-state index contributed by atoms with van der Waals surface area (Å²) >= 11 is 0. The Kier molecular flexibility index (Phi) is 7.49. The fraction of sp³-hybridized carbons (Fsp3) is 0.318. The average molecular weight is 395 g/mol. The second-order valence-electron chi connectivity index (χ2n) is 6.58. The van der Waals surface area contributed by atoms with Crippen LogP contribution in [-0.4, -0.2) is 46.4 Å². The van der Waals surface area contributed by atoms with Crippen molar-refractivity contribution >= 4 is 5.91 Å². The van der Waals surface area contributed by atoms with Gasteiger partial charge in [0.15, 0.2) is 6.10 Å². The van der Waals surface area contributed by atoms with Crippen LogP contribution in [0.25, 0.3) is 0 Å². The number of hydrogen-bond donors (Lipinski definition) is 1. The molecule has 29 heavy (non-hydrogen) atoms. The highest BCUT2D eigenvalue weighted by Crippen LogP contribution is 2.24. The minimum atomic E-state index is -0.447. The third-order valence-corrected chi connectivity index (χ3v) is 4.54. The lowest BCUT2D eigenvalue weighted by Gasteiger charge is -2.21. The smallest absolute Gasteiger partial charge is 0.249 e.